The fraction of sp³-hybridized carbons (Fsp3) is 0.562. The van der Waals surface area contributed by atoms with Crippen LogP contribution in [0.3, 0.4) is 0 Å². The lowest BCUT2D eigenvalue weighted by Gasteiger charge is -2.36. The molecule has 0 aromatic heterocycles. The van der Waals surface area contributed by atoms with Crippen molar-refractivity contribution in [2.24, 2.45) is 11.1 Å². The first-order chi connectivity index (χ1) is 9.25. The van der Waals surface area contributed by atoms with E-state index in [0.29, 0.717) is 13.2 Å². The summed E-state index contributed by atoms with van der Waals surface area (Å²) in [7, 11) is 0. The molecule has 0 atom stereocenters. The number of carbonyl (C=O) groups is 1. The Bertz CT molecular complexity index is 422. The van der Waals surface area contributed by atoms with E-state index >= 15 is 0 Å². The molecule has 112 valence electrons. The first-order valence-corrected chi connectivity index (χ1v) is 7.00. The minimum absolute atomic E-state index is 0.0234. The molecule has 0 fully saturated rings. The van der Waals surface area contributed by atoms with Crippen LogP contribution in [0.5, 0.6) is 5.75 Å². The van der Waals surface area contributed by atoms with Crippen molar-refractivity contribution >= 4 is 5.91 Å². The molecule has 0 aliphatic heterocycles. The number of benzene rings is 1. The van der Waals surface area contributed by atoms with Gasteiger partial charge < -0.3 is 15.8 Å². The smallest absolute Gasteiger partial charge is 0.227 e. The highest BCUT2D eigenvalue weighted by atomic mass is 16.5. The van der Waals surface area contributed by atoms with E-state index in [1.165, 1.54) is 0 Å². The lowest BCUT2D eigenvalue weighted by Crippen LogP contribution is -2.55. The maximum absolute atomic E-state index is 12.1. The van der Waals surface area contributed by atoms with Gasteiger partial charge in [0.1, 0.15) is 5.75 Å². The fourth-order valence-corrected chi connectivity index (χ4v) is 1.49. The second-order valence-electron chi connectivity index (χ2n) is 6.12. The summed E-state index contributed by atoms with van der Waals surface area (Å²) in [5.74, 6) is 0.826. The minimum Gasteiger partial charge on any atom is -0.494 e. The highest BCUT2D eigenvalue weighted by molar-refractivity contribution is 5.83. The van der Waals surface area contributed by atoms with Crippen molar-refractivity contribution in [3.05, 3.63) is 30.3 Å². The van der Waals surface area contributed by atoms with Crippen LogP contribution in [0.15, 0.2) is 30.3 Å². The van der Waals surface area contributed by atoms with Crippen LogP contribution in [0.2, 0.25) is 0 Å². The molecule has 4 nitrogen and oxygen atoms in total. The second-order valence-corrected chi connectivity index (χ2v) is 6.12. The van der Waals surface area contributed by atoms with Gasteiger partial charge >= 0.3 is 0 Å². The number of nitrogens with two attached hydrogens (primary N) is 1. The maximum atomic E-state index is 12.1. The number of amides is 1. The standard InChI is InChI=1S/C16H26N2O2/c1-15(2,16(3,4)17)14(19)18-11-8-12-20-13-9-6-5-7-10-13/h5-7,9-10H,8,11-12,17H2,1-4H3,(H,18,19). The summed E-state index contributed by atoms with van der Waals surface area (Å²) < 4.78 is 5.56. The summed E-state index contributed by atoms with van der Waals surface area (Å²) in [5.41, 5.74) is 4.87. The Hall–Kier alpha value is -1.55. The van der Waals surface area contributed by atoms with Gasteiger partial charge in [0, 0.05) is 12.1 Å². The average Bonchev–Trinajstić information content (AvgIpc) is 2.38. The predicted octanol–water partition coefficient (Wildman–Crippen LogP) is 2.34. The molecule has 0 aliphatic carbocycles. The van der Waals surface area contributed by atoms with Crippen LogP contribution < -0.4 is 15.8 Å². The number of hydrogen-bond acceptors (Lipinski definition) is 3. The quantitative estimate of drug-likeness (QED) is 0.752. The molecule has 1 aromatic rings. The number of hydrogen-bond donors (Lipinski definition) is 2. The summed E-state index contributed by atoms with van der Waals surface area (Å²) in [6.45, 7) is 8.63. The number of rotatable bonds is 7. The second kappa shape index (κ2) is 6.75. The molecule has 0 saturated carbocycles. The molecule has 1 amide bonds. The van der Waals surface area contributed by atoms with Crippen molar-refractivity contribution in [3.8, 4) is 5.75 Å². The topological polar surface area (TPSA) is 64.4 Å². The Labute approximate surface area is 121 Å². The van der Waals surface area contributed by atoms with Crippen molar-refractivity contribution in [2.75, 3.05) is 13.2 Å². The maximum Gasteiger partial charge on any atom is 0.227 e. The van der Waals surface area contributed by atoms with Gasteiger partial charge in [-0.2, -0.15) is 0 Å². The molecule has 0 bridgehead atoms. The van der Waals surface area contributed by atoms with E-state index in [-0.39, 0.29) is 5.91 Å². The zero-order valence-electron chi connectivity index (χ0n) is 12.9. The molecular weight excluding hydrogens is 252 g/mol. The van der Waals surface area contributed by atoms with Crippen LogP contribution in [0.1, 0.15) is 34.1 Å². The number of carbonyl (C=O) groups excluding carboxylic acids is 1. The molecule has 0 spiro atoms. The summed E-state index contributed by atoms with van der Waals surface area (Å²) >= 11 is 0. The highest BCUT2D eigenvalue weighted by Crippen LogP contribution is 2.28. The molecule has 0 saturated heterocycles. The Balaban J connectivity index is 2.26. The van der Waals surface area contributed by atoms with E-state index in [0.717, 1.165) is 12.2 Å². The van der Waals surface area contributed by atoms with Gasteiger partial charge in [-0.25, -0.2) is 0 Å². The lowest BCUT2D eigenvalue weighted by molar-refractivity contribution is -0.132. The lowest BCUT2D eigenvalue weighted by atomic mass is 9.74. The Morgan fingerprint density at radius 1 is 1.20 bits per heavy atom. The summed E-state index contributed by atoms with van der Waals surface area (Å²) in [6, 6.07) is 9.65. The van der Waals surface area contributed by atoms with Crippen LogP contribution in [-0.4, -0.2) is 24.6 Å². The van der Waals surface area contributed by atoms with Crippen LogP contribution >= 0.6 is 0 Å². The molecule has 1 rings (SSSR count). The zero-order valence-corrected chi connectivity index (χ0v) is 12.9. The minimum atomic E-state index is -0.604. The van der Waals surface area contributed by atoms with Crippen molar-refractivity contribution in [3.63, 3.8) is 0 Å². The molecule has 0 radical (unpaired) electrons. The van der Waals surface area contributed by atoms with Crippen molar-refractivity contribution in [1.82, 2.24) is 5.32 Å². The molecular formula is C16H26N2O2. The van der Waals surface area contributed by atoms with Gasteiger partial charge in [0.05, 0.1) is 12.0 Å². The molecule has 0 unspecified atom stereocenters. The zero-order chi connectivity index (χ0) is 15.2. The summed E-state index contributed by atoms with van der Waals surface area (Å²) in [5, 5.41) is 2.92. The largest absolute Gasteiger partial charge is 0.494 e. The SMILES string of the molecule is CC(C)(N)C(C)(C)C(=O)NCCCOc1ccccc1. The monoisotopic (exact) mass is 278 g/mol. The van der Waals surface area contributed by atoms with E-state index in [4.69, 9.17) is 10.5 Å². The Kier molecular flexibility index (Phi) is 5.57. The summed E-state index contributed by atoms with van der Waals surface area (Å²) in [4.78, 5) is 12.1. The van der Waals surface area contributed by atoms with Gasteiger partial charge in [-0.3, -0.25) is 4.79 Å². The number of para-hydroxylation sites is 1. The molecule has 4 heteroatoms. The number of nitrogens with one attached hydrogen (secondary N) is 1. The van der Waals surface area contributed by atoms with Crippen LogP contribution in [0.4, 0.5) is 0 Å². The van der Waals surface area contributed by atoms with Gasteiger partial charge in [-0.1, -0.05) is 18.2 Å². The average molecular weight is 278 g/mol. The Morgan fingerprint density at radius 3 is 2.35 bits per heavy atom. The molecule has 0 aliphatic rings. The van der Waals surface area contributed by atoms with E-state index in [2.05, 4.69) is 5.32 Å². The molecule has 20 heavy (non-hydrogen) atoms. The van der Waals surface area contributed by atoms with Crippen LogP contribution in [0, 0.1) is 5.41 Å². The van der Waals surface area contributed by atoms with Gasteiger partial charge in [-0.15, -0.1) is 0 Å². The van der Waals surface area contributed by atoms with Crippen molar-refractivity contribution < 1.29 is 9.53 Å². The van der Waals surface area contributed by atoms with Crippen LogP contribution in [0.25, 0.3) is 0 Å². The van der Waals surface area contributed by atoms with E-state index in [1.54, 1.807) is 0 Å². The fourth-order valence-electron chi connectivity index (χ4n) is 1.49. The van der Waals surface area contributed by atoms with Gasteiger partial charge in [-0.05, 0) is 46.2 Å². The van der Waals surface area contributed by atoms with E-state index in [1.807, 2.05) is 58.0 Å². The third-order valence-corrected chi connectivity index (χ3v) is 3.80. The van der Waals surface area contributed by atoms with E-state index in [9.17, 15) is 4.79 Å². The predicted molar refractivity (Wildman–Crippen MR) is 81.6 cm³/mol. The van der Waals surface area contributed by atoms with Crippen LogP contribution in [-0.2, 0) is 4.79 Å². The highest BCUT2D eigenvalue weighted by Gasteiger charge is 2.40. The molecule has 0 heterocycles. The molecule has 3 N–H and O–H groups in total. The first kappa shape index (κ1) is 16.5. The molecule has 1 aromatic carbocycles. The van der Waals surface area contributed by atoms with E-state index < -0.39 is 11.0 Å². The van der Waals surface area contributed by atoms with Crippen molar-refractivity contribution in [1.29, 1.82) is 0 Å². The summed E-state index contributed by atoms with van der Waals surface area (Å²) in [6.07, 6.45) is 0.766. The Morgan fingerprint density at radius 2 is 1.80 bits per heavy atom. The van der Waals surface area contributed by atoms with Gasteiger partial charge in [0.2, 0.25) is 5.91 Å². The van der Waals surface area contributed by atoms with Gasteiger partial charge in [0.25, 0.3) is 0 Å². The third-order valence-electron chi connectivity index (χ3n) is 3.80. The number of ether oxygens (including phenoxy) is 1. The van der Waals surface area contributed by atoms with Gasteiger partial charge in [0.15, 0.2) is 0 Å². The van der Waals surface area contributed by atoms with Crippen molar-refractivity contribution in [2.45, 2.75) is 39.7 Å². The third kappa shape index (κ3) is 4.53. The normalized spacial score (nSPS) is 12.1. The first-order valence-electron chi connectivity index (χ1n) is 7.00.